The number of para-hydroxylation sites is 1. The minimum atomic E-state index is 0.986. The molecule has 2 heterocycles. The zero-order valence-corrected chi connectivity index (χ0v) is 12.5. The quantitative estimate of drug-likeness (QED) is 0.527. The smallest absolute Gasteiger partial charge is 0.0723 e. The summed E-state index contributed by atoms with van der Waals surface area (Å²) in [5.41, 5.74) is 4.27. The Morgan fingerprint density at radius 1 is 0.609 bits per heavy atom. The first-order chi connectivity index (χ1) is 11.4. The van der Waals surface area contributed by atoms with Crippen LogP contribution in [-0.4, -0.2) is 9.97 Å². The van der Waals surface area contributed by atoms with Gasteiger partial charge in [-0.1, -0.05) is 24.3 Å². The van der Waals surface area contributed by atoms with E-state index in [1.54, 1.807) is 0 Å². The summed E-state index contributed by atoms with van der Waals surface area (Å²) in [5.74, 6) is 0. The van der Waals surface area contributed by atoms with Gasteiger partial charge in [-0.25, -0.2) is 0 Å². The average molecular weight is 297 g/mol. The van der Waals surface area contributed by atoms with Gasteiger partial charge in [0.2, 0.25) is 0 Å². The fourth-order valence-corrected chi connectivity index (χ4v) is 2.78. The maximum absolute atomic E-state index is 4.47. The van der Waals surface area contributed by atoms with Gasteiger partial charge in [0.1, 0.15) is 0 Å². The minimum absolute atomic E-state index is 0.986. The maximum Gasteiger partial charge on any atom is 0.0723 e. The Kier molecular flexibility index (Phi) is 3.45. The van der Waals surface area contributed by atoms with Crippen molar-refractivity contribution in [2.24, 2.45) is 0 Å². The molecular formula is C20H15N3. The summed E-state index contributed by atoms with van der Waals surface area (Å²) < 4.78 is 0. The van der Waals surface area contributed by atoms with E-state index in [1.165, 1.54) is 0 Å². The molecule has 0 bridgehead atoms. The Labute approximate surface area is 134 Å². The standard InChI is InChI=1S/C20H15N3/c1-2-6-16(7-3-1)23(17-11-14-21-15-12-17)20-10-4-9-19-18(20)8-5-13-22-19/h1-15H. The lowest BCUT2D eigenvalue weighted by molar-refractivity contribution is 1.25. The van der Waals surface area contributed by atoms with Gasteiger partial charge in [-0.3, -0.25) is 9.97 Å². The molecule has 0 N–H and O–H groups in total. The zero-order chi connectivity index (χ0) is 15.5. The molecule has 0 saturated carbocycles. The van der Waals surface area contributed by atoms with Crippen molar-refractivity contribution in [2.75, 3.05) is 4.90 Å². The van der Waals surface area contributed by atoms with Crippen LogP contribution in [0.15, 0.2) is 91.4 Å². The molecule has 0 amide bonds. The maximum atomic E-state index is 4.47. The summed E-state index contributed by atoms with van der Waals surface area (Å²) >= 11 is 0. The summed E-state index contributed by atoms with van der Waals surface area (Å²) in [5, 5.41) is 1.12. The van der Waals surface area contributed by atoms with Crippen LogP contribution in [0.5, 0.6) is 0 Å². The second kappa shape index (κ2) is 5.89. The molecule has 0 radical (unpaired) electrons. The third kappa shape index (κ3) is 2.53. The van der Waals surface area contributed by atoms with Gasteiger partial charge in [0.05, 0.1) is 11.2 Å². The van der Waals surface area contributed by atoms with Gasteiger partial charge >= 0.3 is 0 Å². The van der Waals surface area contributed by atoms with E-state index in [9.17, 15) is 0 Å². The fraction of sp³-hybridized carbons (Fsp3) is 0. The normalized spacial score (nSPS) is 10.6. The van der Waals surface area contributed by atoms with Crippen molar-refractivity contribution in [3.8, 4) is 0 Å². The van der Waals surface area contributed by atoms with Crippen LogP contribution < -0.4 is 4.90 Å². The summed E-state index contributed by atoms with van der Waals surface area (Å²) in [6, 6.07) is 24.7. The molecule has 4 aromatic rings. The van der Waals surface area contributed by atoms with Crippen LogP contribution in [0.4, 0.5) is 17.1 Å². The second-order valence-electron chi connectivity index (χ2n) is 5.22. The Balaban J connectivity index is 1.98. The number of hydrogen-bond acceptors (Lipinski definition) is 3. The van der Waals surface area contributed by atoms with Gasteiger partial charge in [0.15, 0.2) is 0 Å². The van der Waals surface area contributed by atoms with Crippen molar-refractivity contribution in [1.82, 2.24) is 9.97 Å². The van der Waals surface area contributed by atoms with Crippen LogP contribution >= 0.6 is 0 Å². The Bertz CT molecular complexity index is 876. The molecule has 0 aliphatic carbocycles. The van der Waals surface area contributed by atoms with E-state index < -0.39 is 0 Å². The van der Waals surface area contributed by atoms with E-state index in [0.717, 1.165) is 28.0 Å². The van der Waals surface area contributed by atoms with Crippen LogP contribution in [0.1, 0.15) is 0 Å². The summed E-state index contributed by atoms with van der Waals surface area (Å²) in [7, 11) is 0. The zero-order valence-electron chi connectivity index (χ0n) is 12.5. The number of benzene rings is 2. The van der Waals surface area contributed by atoms with Crippen molar-refractivity contribution >= 4 is 28.0 Å². The van der Waals surface area contributed by atoms with Crippen molar-refractivity contribution in [1.29, 1.82) is 0 Å². The Hall–Kier alpha value is -3.20. The molecule has 4 rings (SSSR count). The molecule has 0 atom stereocenters. The van der Waals surface area contributed by atoms with E-state index >= 15 is 0 Å². The van der Waals surface area contributed by atoms with Crippen LogP contribution in [0.2, 0.25) is 0 Å². The molecule has 110 valence electrons. The van der Waals surface area contributed by atoms with Crippen LogP contribution in [-0.2, 0) is 0 Å². The first-order valence-corrected chi connectivity index (χ1v) is 7.52. The lowest BCUT2D eigenvalue weighted by Crippen LogP contribution is -2.10. The van der Waals surface area contributed by atoms with Gasteiger partial charge in [-0.05, 0) is 48.5 Å². The van der Waals surface area contributed by atoms with Gasteiger partial charge in [-0.15, -0.1) is 0 Å². The molecule has 0 spiro atoms. The summed E-state index contributed by atoms with van der Waals surface area (Å²) in [6.45, 7) is 0. The molecule has 23 heavy (non-hydrogen) atoms. The summed E-state index contributed by atoms with van der Waals surface area (Å²) in [6.07, 6.45) is 5.45. The molecule has 2 aromatic carbocycles. The highest BCUT2D eigenvalue weighted by Gasteiger charge is 2.14. The average Bonchev–Trinajstić information content (AvgIpc) is 2.64. The van der Waals surface area contributed by atoms with Gasteiger partial charge < -0.3 is 4.90 Å². The van der Waals surface area contributed by atoms with E-state index in [4.69, 9.17) is 0 Å². The largest absolute Gasteiger partial charge is 0.310 e. The summed E-state index contributed by atoms with van der Waals surface area (Å²) in [4.78, 5) is 10.8. The van der Waals surface area contributed by atoms with Gasteiger partial charge in [0.25, 0.3) is 0 Å². The fourth-order valence-electron chi connectivity index (χ4n) is 2.78. The predicted molar refractivity (Wildman–Crippen MR) is 94.2 cm³/mol. The van der Waals surface area contributed by atoms with E-state index in [2.05, 4.69) is 39.1 Å². The molecule has 0 saturated heterocycles. The molecule has 0 aliphatic rings. The number of aromatic nitrogens is 2. The third-order valence-corrected chi connectivity index (χ3v) is 3.80. The number of hydrogen-bond donors (Lipinski definition) is 0. The number of anilines is 3. The first-order valence-electron chi connectivity index (χ1n) is 7.52. The monoisotopic (exact) mass is 297 g/mol. The van der Waals surface area contributed by atoms with Crippen molar-refractivity contribution < 1.29 is 0 Å². The highest BCUT2D eigenvalue weighted by molar-refractivity contribution is 5.96. The van der Waals surface area contributed by atoms with Crippen molar-refractivity contribution in [3.63, 3.8) is 0 Å². The molecule has 2 aromatic heterocycles. The van der Waals surface area contributed by atoms with Crippen LogP contribution in [0, 0.1) is 0 Å². The third-order valence-electron chi connectivity index (χ3n) is 3.80. The minimum Gasteiger partial charge on any atom is -0.310 e. The predicted octanol–water partition coefficient (Wildman–Crippen LogP) is 5.10. The molecule has 0 unspecified atom stereocenters. The van der Waals surface area contributed by atoms with E-state index in [0.29, 0.717) is 0 Å². The lowest BCUT2D eigenvalue weighted by atomic mass is 10.1. The van der Waals surface area contributed by atoms with Crippen LogP contribution in [0.3, 0.4) is 0 Å². The van der Waals surface area contributed by atoms with Gasteiger partial charge in [-0.2, -0.15) is 0 Å². The van der Waals surface area contributed by atoms with Crippen molar-refractivity contribution in [3.05, 3.63) is 91.4 Å². The SMILES string of the molecule is c1ccc(N(c2ccncc2)c2cccc3ncccc23)cc1. The number of rotatable bonds is 3. The first kappa shape index (κ1) is 13.5. The Morgan fingerprint density at radius 2 is 1.39 bits per heavy atom. The molecule has 0 fully saturated rings. The highest BCUT2D eigenvalue weighted by Crippen LogP contribution is 2.37. The second-order valence-corrected chi connectivity index (χ2v) is 5.22. The number of pyridine rings is 2. The number of nitrogens with zero attached hydrogens (tertiary/aromatic N) is 3. The molecule has 3 nitrogen and oxygen atoms in total. The van der Waals surface area contributed by atoms with E-state index in [-0.39, 0.29) is 0 Å². The topological polar surface area (TPSA) is 29.0 Å². The van der Waals surface area contributed by atoms with Gasteiger partial charge in [0, 0.05) is 35.4 Å². The lowest BCUT2D eigenvalue weighted by Gasteiger charge is -2.26. The highest BCUT2D eigenvalue weighted by atomic mass is 15.1. The molecule has 0 aliphatic heterocycles. The molecule has 3 heteroatoms. The van der Waals surface area contributed by atoms with Crippen LogP contribution in [0.25, 0.3) is 10.9 Å². The van der Waals surface area contributed by atoms with Crippen molar-refractivity contribution in [2.45, 2.75) is 0 Å². The Morgan fingerprint density at radius 3 is 2.22 bits per heavy atom. The van der Waals surface area contributed by atoms with E-state index in [1.807, 2.05) is 67.1 Å². The molecular weight excluding hydrogens is 282 g/mol. The number of fused-ring (bicyclic) bond motifs is 1.